The summed E-state index contributed by atoms with van der Waals surface area (Å²) in [5.41, 5.74) is 4.46. The number of aryl methyl sites for hydroxylation is 1. The van der Waals surface area contributed by atoms with E-state index in [-0.39, 0.29) is 12.2 Å². The van der Waals surface area contributed by atoms with Crippen molar-refractivity contribution >= 4 is 22.7 Å². The molecule has 0 saturated heterocycles. The van der Waals surface area contributed by atoms with Gasteiger partial charge in [-0.25, -0.2) is 0 Å². The highest BCUT2D eigenvalue weighted by atomic mass is 16.4. The van der Waals surface area contributed by atoms with Gasteiger partial charge in [0.1, 0.15) is 0 Å². The zero-order chi connectivity index (χ0) is 20.2. The van der Waals surface area contributed by atoms with Crippen molar-refractivity contribution in [2.45, 2.75) is 19.3 Å². The first-order valence-electron chi connectivity index (χ1n) is 9.60. The molecule has 4 nitrogen and oxygen atoms in total. The first kappa shape index (κ1) is 18.7. The van der Waals surface area contributed by atoms with Crippen LogP contribution in [0.2, 0.25) is 0 Å². The molecule has 1 aromatic heterocycles. The van der Waals surface area contributed by atoms with Gasteiger partial charge in [-0.15, -0.1) is 0 Å². The summed E-state index contributed by atoms with van der Waals surface area (Å²) >= 11 is 0. The Bertz CT molecular complexity index is 1160. The summed E-state index contributed by atoms with van der Waals surface area (Å²) in [6, 6.07) is 25.5. The molecule has 0 fully saturated rings. The van der Waals surface area contributed by atoms with Crippen LogP contribution in [0.4, 0.5) is 0 Å². The number of carbonyl (C=O) groups excluding carboxylic acids is 1. The Morgan fingerprint density at radius 2 is 1.52 bits per heavy atom. The summed E-state index contributed by atoms with van der Waals surface area (Å²) in [4.78, 5) is 24.1. The van der Waals surface area contributed by atoms with E-state index in [1.54, 1.807) is 0 Å². The van der Waals surface area contributed by atoms with Crippen molar-refractivity contribution in [1.82, 2.24) is 4.57 Å². The Morgan fingerprint density at radius 1 is 0.828 bits per heavy atom. The van der Waals surface area contributed by atoms with Crippen molar-refractivity contribution in [2.24, 2.45) is 0 Å². The van der Waals surface area contributed by atoms with Gasteiger partial charge in [0.15, 0.2) is 5.78 Å². The van der Waals surface area contributed by atoms with Crippen LogP contribution in [0.5, 0.6) is 0 Å². The number of carboxylic acids is 1. The van der Waals surface area contributed by atoms with Crippen molar-refractivity contribution < 1.29 is 14.7 Å². The van der Waals surface area contributed by atoms with Gasteiger partial charge in [0.05, 0.1) is 5.52 Å². The molecule has 0 bridgehead atoms. The minimum Gasteiger partial charge on any atom is -0.481 e. The molecule has 3 aromatic carbocycles. The van der Waals surface area contributed by atoms with E-state index in [2.05, 4.69) is 0 Å². The van der Waals surface area contributed by atoms with Gasteiger partial charge < -0.3 is 9.67 Å². The molecular weight excluding hydrogens is 362 g/mol. The van der Waals surface area contributed by atoms with E-state index in [9.17, 15) is 9.59 Å². The van der Waals surface area contributed by atoms with Gasteiger partial charge in [-0.2, -0.15) is 0 Å². The maximum Gasteiger partial charge on any atom is 0.303 e. The highest BCUT2D eigenvalue weighted by Gasteiger charge is 2.17. The summed E-state index contributed by atoms with van der Waals surface area (Å²) in [6.45, 7) is 0. The lowest BCUT2D eigenvalue weighted by atomic mass is 10.0. The van der Waals surface area contributed by atoms with Gasteiger partial charge in [-0.1, -0.05) is 54.6 Å². The summed E-state index contributed by atoms with van der Waals surface area (Å²) in [6.07, 6.45) is 2.73. The Morgan fingerprint density at radius 3 is 2.21 bits per heavy atom. The molecule has 29 heavy (non-hydrogen) atoms. The average Bonchev–Trinajstić information content (AvgIpc) is 3.12. The van der Waals surface area contributed by atoms with Crippen LogP contribution in [0.1, 0.15) is 27.9 Å². The van der Waals surface area contributed by atoms with Gasteiger partial charge in [0.25, 0.3) is 0 Å². The summed E-state index contributed by atoms with van der Waals surface area (Å²) in [7, 11) is 0. The van der Waals surface area contributed by atoms with Crippen molar-refractivity contribution in [1.29, 1.82) is 0 Å². The van der Waals surface area contributed by atoms with Crippen LogP contribution >= 0.6 is 0 Å². The first-order valence-corrected chi connectivity index (χ1v) is 9.60. The summed E-state index contributed by atoms with van der Waals surface area (Å²) in [5, 5.41) is 9.85. The van der Waals surface area contributed by atoms with Crippen molar-refractivity contribution in [3.05, 3.63) is 102 Å². The summed E-state index contributed by atoms with van der Waals surface area (Å²) < 4.78 is 2.02. The van der Waals surface area contributed by atoms with Gasteiger partial charge >= 0.3 is 5.97 Å². The van der Waals surface area contributed by atoms with Crippen LogP contribution in [-0.2, 0) is 17.6 Å². The molecule has 0 amide bonds. The van der Waals surface area contributed by atoms with E-state index in [4.69, 9.17) is 5.11 Å². The molecule has 0 radical (unpaired) electrons. The van der Waals surface area contributed by atoms with Gasteiger partial charge in [0, 0.05) is 35.7 Å². The number of aliphatic carboxylic acids is 1. The number of fused-ring (bicyclic) bond motifs is 1. The largest absolute Gasteiger partial charge is 0.481 e. The molecule has 0 unspecified atom stereocenters. The van der Waals surface area contributed by atoms with Crippen LogP contribution in [0.25, 0.3) is 16.6 Å². The fraction of sp³-hybridized carbons (Fsp3) is 0.120. The molecule has 0 aliphatic heterocycles. The third kappa shape index (κ3) is 4.11. The third-order valence-corrected chi connectivity index (χ3v) is 5.04. The number of benzene rings is 3. The fourth-order valence-electron chi connectivity index (χ4n) is 3.58. The third-order valence-electron chi connectivity index (χ3n) is 5.04. The zero-order valence-corrected chi connectivity index (χ0v) is 15.9. The Kier molecular flexibility index (Phi) is 5.25. The van der Waals surface area contributed by atoms with E-state index in [1.807, 2.05) is 89.6 Å². The molecule has 0 spiro atoms. The lowest BCUT2D eigenvalue weighted by Gasteiger charge is -2.06. The minimum atomic E-state index is -0.827. The van der Waals surface area contributed by atoms with E-state index in [0.717, 1.165) is 27.7 Å². The SMILES string of the molecule is O=C(O)CCc1ccc2c(c1)c(C(=O)Cc1ccccc1)cn2-c1ccccc1. The molecule has 0 saturated carbocycles. The lowest BCUT2D eigenvalue weighted by molar-refractivity contribution is -0.136. The highest BCUT2D eigenvalue weighted by Crippen LogP contribution is 2.28. The van der Waals surface area contributed by atoms with Crippen LogP contribution < -0.4 is 0 Å². The van der Waals surface area contributed by atoms with Crippen molar-refractivity contribution in [2.75, 3.05) is 0 Å². The predicted molar refractivity (Wildman–Crippen MR) is 114 cm³/mol. The number of hydrogen-bond donors (Lipinski definition) is 1. The molecule has 0 atom stereocenters. The number of aromatic nitrogens is 1. The van der Waals surface area contributed by atoms with Gasteiger partial charge in [-0.3, -0.25) is 9.59 Å². The molecule has 1 heterocycles. The topological polar surface area (TPSA) is 59.3 Å². The molecule has 0 aliphatic rings. The quantitative estimate of drug-likeness (QED) is 0.453. The smallest absolute Gasteiger partial charge is 0.303 e. The molecule has 144 valence electrons. The Balaban J connectivity index is 1.79. The highest BCUT2D eigenvalue weighted by molar-refractivity contribution is 6.09. The van der Waals surface area contributed by atoms with Gasteiger partial charge in [0.2, 0.25) is 0 Å². The number of carboxylic acid groups (broad SMARTS) is 1. The molecular formula is C25H21NO3. The van der Waals surface area contributed by atoms with E-state index in [1.165, 1.54) is 0 Å². The number of ketones is 1. The fourth-order valence-corrected chi connectivity index (χ4v) is 3.58. The lowest BCUT2D eigenvalue weighted by Crippen LogP contribution is -2.03. The maximum absolute atomic E-state index is 13.1. The average molecular weight is 383 g/mol. The maximum atomic E-state index is 13.1. The van der Waals surface area contributed by atoms with Crippen LogP contribution in [0, 0.1) is 0 Å². The first-order chi connectivity index (χ1) is 14.1. The zero-order valence-electron chi connectivity index (χ0n) is 15.9. The number of rotatable bonds is 7. The molecule has 1 N–H and O–H groups in total. The Hall–Kier alpha value is -3.66. The molecule has 4 aromatic rings. The van der Waals surface area contributed by atoms with Crippen LogP contribution in [0.15, 0.2) is 85.1 Å². The number of para-hydroxylation sites is 1. The van der Waals surface area contributed by atoms with E-state index >= 15 is 0 Å². The van der Waals surface area contributed by atoms with Crippen molar-refractivity contribution in [3.8, 4) is 5.69 Å². The molecule has 4 heteroatoms. The number of carbonyl (C=O) groups is 2. The van der Waals surface area contributed by atoms with E-state index < -0.39 is 5.97 Å². The summed E-state index contributed by atoms with van der Waals surface area (Å²) in [5.74, 6) is -0.779. The number of Topliss-reactive ketones (excluding diaryl/α,β-unsaturated/α-hetero) is 1. The standard InChI is InChI=1S/C25H21NO3/c27-24(16-18-7-3-1-4-8-18)22-17-26(20-9-5-2-6-10-20)23-13-11-19(15-21(22)23)12-14-25(28)29/h1-11,13,15,17H,12,14,16H2,(H,28,29). The minimum absolute atomic E-state index is 0.0475. The van der Waals surface area contributed by atoms with Gasteiger partial charge in [-0.05, 0) is 41.8 Å². The normalized spacial score (nSPS) is 10.9. The number of hydrogen-bond acceptors (Lipinski definition) is 2. The van der Waals surface area contributed by atoms with Crippen LogP contribution in [-0.4, -0.2) is 21.4 Å². The van der Waals surface area contributed by atoms with E-state index in [0.29, 0.717) is 18.4 Å². The predicted octanol–water partition coefficient (Wildman–Crippen LogP) is 5.07. The van der Waals surface area contributed by atoms with Crippen molar-refractivity contribution in [3.63, 3.8) is 0 Å². The Labute approximate surface area is 169 Å². The monoisotopic (exact) mass is 383 g/mol. The number of nitrogens with zero attached hydrogens (tertiary/aromatic N) is 1. The molecule has 0 aliphatic carbocycles. The molecule has 4 rings (SSSR count). The second kappa shape index (κ2) is 8.15. The second-order valence-corrected chi connectivity index (χ2v) is 7.08. The second-order valence-electron chi connectivity index (χ2n) is 7.08. The van der Waals surface area contributed by atoms with Crippen LogP contribution in [0.3, 0.4) is 0 Å².